The van der Waals surface area contributed by atoms with Crippen LogP contribution in [0.1, 0.15) is 22.3 Å². The molecule has 8 heteroatoms. The first-order valence-electron chi connectivity index (χ1n) is 10.3. The Morgan fingerprint density at radius 3 is 2.35 bits per heavy atom. The van der Waals surface area contributed by atoms with Gasteiger partial charge in [-0.05, 0) is 48.3 Å². The molecule has 2 aromatic carbocycles. The van der Waals surface area contributed by atoms with Gasteiger partial charge in [-0.15, -0.1) is 0 Å². The summed E-state index contributed by atoms with van der Waals surface area (Å²) in [6.07, 6.45) is 2.58. The van der Waals surface area contributed by atoms with Gasteiger partial charge >= 0.3 is 0 Å². The smallest absolute Gasteiger partial charge is 0.253 e. The lowest BCUT2D eigenvalue weighted by atomic mass is 10.1. The molecule has 1 saturated heterocycles. The van der Waals surface area contributed by atoms with E-state index in [2.05, 4.69) is 10.2 Å². The summed E-state index contributed by atoms with van der Waals surface area (Å²) in [5.74, 6) is 0.447. The molecule has 1 unspecified atom stereocenters. The van der Waals surface area contributed by atoms with Crippen LogP contribution in [0, 0.1) is 0 Å². The molecule has 1 fully saturated rings. The number of hydrogen-bond acceptors (Lipinski definition) is 4. The van der Waals surface area contributed by atoms with Gasteiger partial charge < -0.3 is 10.2 Å². The van der Waals surface area contributed by atoms with Crippen LogP contribution in [0.2, 0.25) is 10.0 Å². The molecule has 0 saturated carbocycles. The SMILES string of the molecule is CSCCC(NC(=O)c1ccccc1Cl)C(=O)N1CCN(Cc2ccc(Cl)cc2)CC1. The van der Waals surface area contributed by atoms with E-state index in [1.807, 2.05) is 35.4 Å². The lowest BCUT2D eigenvalue weighted by Gasteiger charge is -2.36. The molecule has 166 valence electrons. The van der Waals surface area contributed by atoms with E-state index in [-0.39, 0.29) is 11.8 Å². The van der Waals surface area contributed by atoms with Crippen molar-refractivity contribution in [3.05, 3.63) is 69.7 Å². The number of hydrogen-bond donors (Lipinski definition) is 1. The number of piperazine rings is 1. The van der Waals surface area contributed by atoms with Crippen molar-refractivity contribution in [1.29, 1.82) is 0 Å². The Balaban J connectivity index is 1.58. The van der Waals surface area contributed by atoms with Crippen LogP contribution < -0.4 is 5.32 Å². The lowest BCUT2D eigenvalue weighted by Crippen LogP contribution is -2.55. The van der Waals surface area contributed by atoms with E-state index in [1.165, 1.54) is 5.56 Å². The molecule has 2 amide bonds. The van der Waals surface area contributed by atoms with Crippen LogP contribution in [0.5, 0.6) is 0 Å². The van der Waals surface area contributed by atoms with Gasteiger partial charge in [0, 0.05) is 37.7 Å². The van der Waals surface area contributed by atoms with E-state index in [9.17, 15) is 9.59 Å². The van der Waals surface area contributed by atoms with Gasteiger partial charge in [-0.1, -0.05) is 47.5 Å². The van der Waals surface area contributed by atoms with Gasteiger partial charge in [0.15, 0.2) is 0 Å². The maximum atomic E-state index is 13.2. The van der Waals surface area contributed by atoms with Crippen LogP contribution in [-0.2, 0) is 11.3 Å². The zero-order valence-corrected chi connectivity index (χ0v) is 19.8. The van der Waals surface area contributed by atoms with Crippen molar-refractivity contribution < 1.29 is 9.59 Å². The zero-order valence-electron chi connectivity index (χ0n) is 17.5. The fourth-order valence-electron chi connectivity index (χ4n) is 3.57. The molecule has 0 bridgehead atoms. The lowest BCUT2D eigenvalue weighted by molar-refractivity contribution is -0.135. The molecule has 0 radical (unpaired) electrons. The number of amides is 2. The average Bonchev–Trinajstić information content (AvgIpc) is 2.78. The Morgan fingerprint density at radius 2 is 1.71 bits per heavy atom. The molecule has 2 aromatic rings. The highest BCUT2D eigenvalue weighted by Crippen LogP contribution is 2.17. The number of nitrogens with one attached hydrogen (secondary N) is 1. The van der Waals surface area contributed by atoms with Gasteiger partial charge in [-0.3, -0.25) is 14.5 Å². The van der Waals surface area contributed by atoms with Gasteiger partial charge in [-0.2, -0.15) is 11.8 Å². The van der Waals surface area contributed by atoms with E-state index in [0.717, 1.165) is 30.4 Å². The Hall–Kier alpha value is -1.73. The van der Waals surface area contributed by atoms with Crippen molar-refractivity contribution >= 4 is 46.8 Å². The van der Waals surface area contributed by atoms with Crippen molar-refractivity contribution in [3.63, 3.8) is 0 Å². The topological polar surface area (TPSA) is 52.7 Å². The molecular formula is C23H27Cl2N3O2S. The third-order valence-electron chi connectivity index (χ3n) is 5.34. The summed E-state index contributed by atoms with van der Waals surface area (Å²) in [7, 11) is 0. The molecule has 5 nitrogen and oxygen atoms in total. The number of nitrogens with zero attached hydrogens (tertiary/aromatic N) is 2. The van der Waals surface area contributed by atoms with Gasteiger partial charge in [0.1, 0.15) is 6.04 Å². The largest absolute Gasteiger partial charge is 0.340 e. The fraction of sp³-hybridized carbons (Fsp3) is 0.391. The number of halogens is 2. The van der Waals surface area contributed by atoms with E-state index in [1.54, 1.807) is 36.0 Å². The van der Waals surface area contributed by atoms with Crippen molar-refractivity contribution in [1.82, 2.24) is 15.1 Å². The second kappa shape index (κ2) is 11.8. The van der Waals surface area contributed by atoms with Gasteiger partial charge in [-0.25, -0.2) is 0 Å². The van der Waals surface area contributed by atoms with Crippen LogP contribution in [0.3, 0.4) is 0 Å². The summed E-state index contributed by atoms with van der Waals surface area (Å²) in [5.41, 5.74) is 1.59. The molecular weight excluding hydrogens is 453 g/mol. The van der Waals surface area contributed by atoms with E-state index in [4.69, 9.17) is 23.2 Å². The molecule has 1 N–H and O–H groups in total. The Morgan fingerprint density at radius 1 is 1.03 bits per heavy atom. The number of benzene rings is 2. The summed E-state index contributed by atoms with van der Waals surface area (Å²) in [6, 6.07) is 14.2. The molecule has 0 aromatic heterocycles. The Labute approximate surface area is 198 Å². The average molecular weight is 480 g/mol. The molecule has 0 aliphatic carbocycles. The summed E-state index contributed by atoms with van der Waals surface area (Å²) in [4.78, 5) is 30.1. The van der Waals surface area contributed by atoms with Gasteiger partial charge in [0.25, 0.3) is 5.91 Å². The van der Waals surface area contributed by atoms with Gasteiger partial charge in [0.05, 0.1) is 10.6 Å². The summed E-state index contributed by atoms with van der Waals surface area (Å²) < 4.78 is 0. The van der Waals surface area contributed by atoms with Gasteiger partial charge in [0.2, 0.25) is 5.91 Å². The predicted molar refractivity (Wildman–Crippen MR) is 129 cm³/mol. The number of carbonyl (C=O) groups is 2. The van der Waals surface area contributed by atoms with E-state index in [0.29, 0.717) is 30.1 Å². The van der Waals surface area contributed by atoms with Crippen molar-refractivity contribution in [2.24, 2.45) is 0 Å². The number of carbonyl (C=O) groups excluding carboxylic acids is 2. The zero-order chi connectivity index (χ0) is 22.2. The minimum absolute atomic E-state index is 0.0272. The fourth-order valence-corrected chi connectivity index (χ4v) is 4.39. The van der Waals surface area contributed by atoms with Crippen LogP contribution in [0.15, 0.2) is 48.5 Å². The van der Waals surface area contributed by atoms with Crippen molar-refractivity contribution in [2.75, 3.05) is 38.2 Å². The standard InChI is InChI=1S/C23H27Cl2N3O2S/c1-31-15-10-21(26-22(29)19-4-2-3-5-20(19)25)23(30)28-13-11-27(12-14-28)16-17-6-8-18(24)9-7-17/h2-9,21H,10-16H2,1H3,(H,26,29). The normalized spacial score (nSPS) is 15.5. The van der Waals surface area contributed by atoms with Crippen LogP contribution >= 0.6 is 35.0 Å². The maximum Gasteiger partial charge on any atom is 0.253 e. The highest BCUT2D eigenvalue weighted by Gasteiger charge is 2.29. The Bertz CT molecular complexity index is 887. The second-order valence-corrected chi connectivity index (χ2v) is 9.34. The third kappa shape index (κ3) is 6.88. The van der Waals surface area contributed by atoms with Crippen LogP contribution in [0.25, 0.3) is 0 Å². The summed E-state index contributed by atoms with van der Waals surface area (Å²) in [5, 5.41) is 4.02. The minimum Gasteiger partial charge on any atom is -0.340 e. The monoisotopic (exact) mass is 479 g/mol. The third-order valence-corrected chi connectivity index (χ3v) is 6.56. The molecule has 1 heterocycles. The Kier molecular flexibility index (Phi) is 9.08. The number of rotatable bonds is 8. The van der Waals surface area contributed by atoms with E-state index >= 15 is 0 Å². The first kappa shape index (κ1) is 23.9. The molecule has 0 spiro atoms. The number of thioether (sulfide) groups is 1. The van der Waals surface area contributed by atoms with Crippen molar-refractivity contribution in [2.45, 2.75) is 19.0 Å². The summed E-state index contributed by atoms with van der Waals surface area (Å²) in [6.45, 7) is 3.71. The highest BCUT2D eigenvalue weighted by atomic mass is 35.5. The molecule has 1 aliphatic rings. The van der Waals surface area contributed by atoms with Crippen LogP contribution in [0.4, 0.5) is 0 Å². The predicted octanol–water partition coefficient (Wildman–Crippen LogP) is 4.19. The summed E-state index contributed by atoms with van der Waals surface area (Å²) >= 11 is 13.8. The van der Waals surface area contributed by atoms with Crippen molar-refractivity contribution in [3.8, 4) is 0 Å². The first-order valence-corrected chi connectivity index (χ1v) is 12.4. The first-order chi connectivity index (χ1) is 15.0. The minimum atomic E-state index is -0.556. The quantitative estimate of drug-likeness (QED) is 0.616. The maximum absolute atomic E-state index is 13.2. The molecule has 1 aliphatic heterocycles. The molecule has 31 heavy (non-hydrogen) atoms. The highest BCUT2D eigenvalue weighted by molar-refractivity contribution is 7.98. The second-order valence-electron chi connectivity index (χ2n) is 7.52. The van der Waals surface area contributed by atoms with E-state index < -0.39 is 6.04 Å². The molecule has 1 atom stereocenters. The van der Waals surface area contributed by atoms with Crippen LogP contribution in [-0.4, -0.2) is 65.8 Å². The molecule has 3 rings (SSSR count).